The number of rotatable bonds is 7. The molecule has 0 aromatic rings. The molecule has 1 saturated carbocycles. The quantitative estimate of drug-likeness (QED) is 0.268. The molecule has 1 amide bonds. The second kappa shape index (κ2) is 10.4. The molecule has 1 saturated heterocycles. The molecule has 2 rings (SSSR count). The summed E-state index contributed by atoms with van der Waals surface area (Å²) >= 11 is 0. The topological polar surface area (TPSA) is 60.0 Å². The van der Waals surface area contributed by atoms with E-state index < -0.39 is 0 Å². The van der Waals surface area contributed by atoms with Crippen molar-refractivity contribution in [3.8, 4) is 0 Å². The van der Waals surface area contributed by atoms with Crippen molar-refractivity contribution in [3.63, 3.8) is 0 Å². The minimum absolute atomic E-state index is 0. The minimum Gasteiger partial charge on any atom is -0.356 e. The van der Waals surface area contributed by atoms with E-state index in [1.165, 1.54) is 12.8 Å². The van der Waals surface area contributed by atoms with E-state index in [0.717, 1.165) is 44.4 Å². The van der Waals surface area contributed by atoms with Crippen LogP contribution in [0.25, 0.3) is 0 Å². The van der Waals surface area contributed by atoms with E-state index in [4.69, 9.17) is 0 Å². The molecule has 6 nitrogen and oxygen atoms in total. The van der Waals surface area contributed by atoms with Gasteiger partial charge in [-0.15, -0.1) is 24.0 Å². The Morgan fingerprint density at radius 1 is 1.33 bits per heavy atom. The van der Waals surface area contributed by atoms with Crippen molar-refractivity contribution < 1.29 is 4.79 Å². The zero-order valence-electron chi connectivity index (χ0n) is 15.5. The summed E-state index contributed by atoms with van der Waals surface area (Å²) in [6, 6.07) is 1.87. The Kier molecular flexibility index (Phi) is 9.33. The van der Waals surface area contributed by atoms with Crippen LogP contribution in [0.4, 0.5) is 0 Å². The molecule has 0 spiro atoms. The van der Waals surface area contributed by atoms with Crippen LogP contribution in [0.2, 0.25) is 0 Å². The molecule has 2 atom stereocenters. The van der Waals surface area contributed by atoms with Crippen LogP contribution < -0.4 is 10.6 Å². The fourth-order valence-corrected chi connectivity index (χ4v) is 3.09. The maximum atomic E-state index is 11.8. The first-order chi connectivity index (χ1) is 11.0. The highest BCUT2D eigenvalue weighted by Gasteiger charge is 2.38. The second-order valence-corrected chi connectivity index (χ2v) is 7.09. The van der Waals surface area contributed by atoms with Gasteiger partial charge in [-0.25, -0.2) is 4.99 Å². The van der Waals surface area contributed by atoms with Gasteiger partial charge in [-0.2, -0.15) is 0 Å². The van der Waals surface area contributed by atoms with Crippen LogP contribution in [0.5, 0.6) is 0 Å². The van der Waals surface area contributed by atoms with E-state index in [1.807, 2.05) is 0 Å². The predicted octanol–water partition coefficient (Wildman–Crippen LogP) is 1.65. The van der Waals surface area contributed by atoms with Gasteiger partial charge in [0.2, 0.25) is 5.91 Å². The van der Waals surface area contributed by atoms with Crippen molar-refractivity contribution in [1.29, 1.82) is 0 Å². The number of nitrogens with zero attached hydrogens (tertiary/aromatic N) is 3. The summed E-state index contributed by atoms with van der Waals surface area (Å²) in [5, 5.41) is 6.90. The zero-order valence-corrected chi connectivity index (χ0v) is 17.9. The summed E-state index contributed by atoms with van der Waals surface area (Å²) in [5.74, 6) is 0.810. The van der Waals surface area contributed by atoms with Crippen molar-refractivity contribution >= 4 is 35.8 Å². The Balaban J connectivity index is 0.00000288. The maximum absolute atomic E-state index is 11.8. The van der Waals surface area contributed by atoms with E-state index in [1.54, 1.807) is 19.0 Å². The van der Waals surface area contributed by atoms with Crippen LogP contribution in [0, 0.1) is 0 Å². The van der Waals surface area contributed by atoms with Crippen molar-refractivity contribution in [1.82, 2.24) is 20.4 Å². The van der Waals surface area contributed by atoms with Crippen LogP contribution in [0.3, 0.4) is 0 Å². The summed E-state index contributed by atoms with van der Waals surface area (Å²) in [6.45, 7) is 6.67. The number of likely N-dealkylation sites (tertiary alicyclic amines) is 1. The minimum atomic E-state index is 0. The highest BCUT2D eigenvalue weighted by Crippen LogP contribution is 2.33. The number of unbranched alkanes of at least 4 members (excludes halogenated alkanes) is 1. The van der Waals surface area contributed by atoms with Crippen LogP contribution in [0.1, 0.15) is 46.0 Å². The number of carbonyl (C=O) groups excluding carboxylic acids is 1. The largest absolute Gasteiger partial charge is 0.356 e. The first kappa shape index (κ1) is 21.5. The molecule has 0 bridgehead atoms. The van der Waals surface area contributed by atoms with Gasteiger partial charge in [0.25, 0.3) is 0 Å². The molecule has 0 radical (unpaired) electrons. The van der Waals surface area contributed by atoms with E-state index in [-0.39, 0.29) is 36.4 Å². The van der Waals surface area contributed by atoms with Gasteiger partial charge in [0.1, 0.15) is 6.54 Å². The Morgan fingerprint density at radius 2 is 2.04 bits per heavy atom. The normalized spacial score (nSPS) is 24.4. The van der Waals surface area contributed by atoms with E-state index in [9.17, 15) is 4.79 Å². The van der Waals surface area contributed by atoms with Gasteiger partial charge in [0.15, 0.2) is 5.96 Å². The highest BCUT2D eigenvalue weighted by molar-refractivity contribution is 14.0. The lowest BCUT2D eigenvalue weighted by atomic mass is 10.2. The van der Waals surface area contributed by atoms with Gasteiger partial charge in [-0.1, -0.05) is 13.3 Å². The number of hydrogen-bond donors (Lipinski definition) is 2. The molecular formula is C17H34IN5O. The number of likely N-dealkylation sites (N-methyl/N-ethyl adjacent to an activating group) is 1. The number of aliphatic imine (C=N–C) groups is 1. The van der Waals surface area contributed by atoms with Crippen molar-refractivity contribution in [2.24, 2.45) is 4.99 Å². The monoisotopic (exact) mass is 451 g/mol. The lowest BCUT2D eigenvalue weighted by molar-refractivity contribution is -0.127. The number of nitrogens with one attached hydrogen (secondary N) is 2. The third kappa shape index (κ3) is 6.74. The van der Waals surface area contributed by atoms with Crippen LogP contribution >= 0.6 is 24.0 Å². The standard InChI is InChI=1S/C17H33N5O.HI/c1-5-6-9-18-17(19-11-16(23)21(3)4)20-14-10-13(2)22(12-14)15-7-8-15;/h13-15H,5-12H2,1-4H3,(H2,18,19,20);1H. The second-order valence-electron chi connectivity index (χ2n) is 7.09. The smallest absolute Gasteiger partial charge is 0.243 e. The van der Waals surface area contributed by atoms with Gasteiger partial charge in [-0.3, -0.25) is 9.69 Å². The van der Waals surface area contributed by atoms with Crippen LogP contribution in [0.15, 0.2) is 4.99 Å². The first-order valence-electron chi connectivity index (χ1n) is 9.02. The molecular weight excluding hydrogens is 417 g/mol. The summed E-state index contributed by atoms with van der Waals surface area (Å²) in [4.78, 5) is 20.4. The molecule has 0 aromatic carbocycles. The Hall–Kier alpha value is -0.570. The molecule has 2 unspecified atom stereocenters. The van der Waals surface area contributed by atoms with Gasteiger partial charge in [0, 0.05) is 45.3 Å². The number of halogens is 1. The molecule has 2 aliphatic rings. The molecule has 0 aromatic heterocycles. The number of guanidine groups is 1. The van der Waals surface area contributed by atoms with Crippen molar-refractivity contribution in [2.75, 3.05) is 33.7 Å². The Morgan fingerprint density at radius 3 is 2.62 bits per heavy atom. The molecule has 7 heteroatoms. The molecule has 1 aliphatic heterocycles. The highest BCUT2D eigenvalue weighted by atomic mass is 127. The van der Waals surface area contributed by atoms with E-state index >= 15 is 0 Å². The van der Waals surface area contributed by atoms with Crippen LogP contribution in [-0.4, -0.2) is 73.5 Å². The lowest BCUT2D eigenvalue weighted by Crippen LogP contribution is -2.45. The number of amides is 1. The molecule has 2 N–H and O–H groups in total. The predicted molar refractivity (Wildman–Crippen MR) is 110 cm³/mol. The molecule has 2 fully saturated rings. The molecule has 1 aliphatic carbocycles. The Bertz CT molecular complexity index is 425. The molecule has 1 heterocycles. The van der Waals surface area contributed by atoms with Crippen molar-refractivity contribution in [3.05, 3.63) is 0 Å². The summed E-state index contributed by atoms with van der Waals surface area (Å²) in [7, 11) is 3.53. The van der Waals surface area contributed by atoms with Gasteiger partial charge < -0.3 is 15.5 Å². The Labute approximate surface area is 163 Å². The van der Waals surface area contributed by atoms with Gasteiger partial charge in [0.05, 0.1) is 0 Å². The third-order valence-corrected chi connectivity index (χ3v) is 4.67. The number of hydrogen-bond acceptors (Lipinski definition) is 3. The van der Waals surface area contributed by atoms with Gasteiger partial charge >= 0.3 is 0 Å². The summed E-state index contributed by atoms with van der Waals surface area (Å²) < 4.78 is 0. The van der Waals surface area contributed by atoms with E-state index in [0.29, 0.717) is 12.1 Å². The first-order valence-corrected chi connectivity index (χ1v) is 9.02. The molecule has 24 heavy (non-hydrogen) atoms. The van der Waals surface area contributed by atoms with Gasteiger partial charge in [-0.05, 0) is 32.6 Å². The van der Waals surface area contributed by atoms with Crippen LogP contribution in [-0.2, 0) is 4.79 Å². The fraction of sp³-hybridized carbons (Fsp3) is 0.882. The average molecular weight is 451 g/mol. The number of carbonyl (C=O) groups is 1. The van der Waals surface area contributed by atoms with Crippen molar-refractivity contribution in [2.45, 2.75) is 64.1 Å². The summed E-state index contributed by atoms with van der Waals surface area (Å²) in [6.07, 6.45) is 6.10. The third-order valence-electron chi connectivity index (χ3n) is 4.67. The maximum Gasteiger partial charge on any atom is 0.243 e. The average Bonchev–Trinajstić information content (AvgIpc) is 3.28. The van der Waals surface area contributed by atoms with E-state index in [2.05, 4.69) is 34.4 Å². The summed E-state index contributed by atoms with van der Waals surface area (Å²) in [5.41, 5.74) is 0. The SMILES string of the molecule is CCCCNC(=NCC(=O)N(C)C)NC1CC(C)N(C2CC2)C1.I. The lowest BCUT2D eigenvalue weighted by Gasteiger charge is -2.20. The molecule has 140 valence electrons. The zero-order chi connectivity index (χ0) is 16.8. The fourth-order valence-electron chi connectivity index (χ4n) is 3.09.